The van der Waals surface area contributed by atoms with E-state index < -0.39 is 0 Å². The molecule has 202 valence electrons. The maximum Gasteiger partial charge on any atom is 0.255 e. The van der Waals surface area contributed by atoms with Crippen LogP contribution in [0.1, 0.15) is 22.3 Å². The van der Waals surface area contributed by atoms with Gasteiger partial charge in [-0.3, -0.25) is 17.9 Å². The van der Waals surface area contributed by atoms with Crippen molar-refractivity contribution in [1.82, 2.24) is 17.9 Å². The second-order valence-corrected chi connectivity index (χ2v) is 12.9. The predicted molar refractivity (Wildman–Crippen MR) is 181 cm³/mol. The highest BCUT2D eigenvalue weighted by atomic mass is 15.2. The van der Waals surface area contributed by atoms with Gasteiger partial charge in [-0.15, -0.1) is 0 Å². The molecule has 4 aromatic heterocycles. The number of hydrogen-bond donors (Lipinski definition) is 0. The van der Waals surface area contributed by atoms with E-state index in [1.165, 1.54) is 105 Å². The van der Waals surface area contributed by atoms with Crippen LogP contribution in [0.15, 0.2) is 91.0 Å². The van der Waals surface area contributed by atoms with Crippen molar-refractivity contribution in [3.8, 4) is 11.4 Å². The Labute approximate surface area is 248 Å². The number of hydrogen-bond acceptors (Lipinski definition) is 0. The van der Waals surface area contributed by atoms with Crippen molar-refractivity contribution in [2.75, 3.05) is 0 Å². The van der Waals surface area contributed by atoms with Gasteiger partial charge in [-0.1, -0.05) is 42.5 Å². The summed E-state index contributed by atoms with van der Waals surface area (Å²) in [5, 5.41) is 2.72. The summed E-state index contributed by atoms with van der Waals surface area (Å²) in [6.45, 7) is 9.11. The van der Waals surface area contributed by atoms with E-state index in [4.69, 9.17) is 0 Å². The minimum Gasteiger partial charge on any atom is -0.295 e. The maximum atomic E-state index is 2.55. The molecule has 2 aliphatic rings. The van der Waals surface area contributed by atoms with Crippen molar-refractivity contribution < 1.29 is 0 Å². The van der Waals surface area contributed by atoms with Crippen molar-refractivity contribution in [3.05, 3.63) is 113 Å². The number of aryl methyl sites for hydroxylation is 4. The molecule has 0 atom stereocenters. The molecule has 0 saturated heterocycles. The first-order valence-electron chi connectivity index (χ1n) is 15.3. The molecule has 0 fully saturated rings. The monoisotopic (exact) mass is 550 g/mol. The van der Waals surface area contributed by atoms with E-state index in [0.29, 0.717) is 0 Å². The third-order valence-corrected chi connectivity index (χ3v) is 10.4. The number of imidazole rings is 2. The molecule has 0 amide bonds. The molecule has 11 rings (SSSR count). The second-order valence-electron chi connectivity index (χ2n) is 12.9. The maximum absolute atomic E-state index is 2.55. The SMILES string of the molecule is Cc1cc(C)c2cc3n4c5c(cccc5n3c2c1)B1c2c-4cccc2-n2c3ccccc3n3c4cc(C)cc(C)c4c1c23. The zero-order valence-electron chi connectivity index (χ0n) is 24.5. The van der Waals surface area contributed by atoms with Crippen LogP contribution in [0.25, 0.3) is 66.5 Å². The predicted octanol–water partition coefficient (Wildman–Crippen LogP) is 6.76. The summed E-state index contributed by atoms with van der Waals surface area (Å²) in [4.78, 5) is 0. The quantitative estimate of drug-likeness (QED) is 0.186. The minimum absolute atomic E-state index is 0.141. The molecule has 2 aliphatic heterocycles. The lowest BCUT2D eigenvalue weighted by Gasteiger charge is -2.32. The van der Waals surface area contributed by atoms with E-state index in [2.05, 4.69) is 137 Å². The van der Waals surface area contributed by atoms with Crippen LogP contribution >= 0.6 is 0 Å². The van der Waals surface area contributed by atoms with Gasteiger partial charge in [0.05, 0.1) is 33.1 Å². The molecular formula is C38H27BN4. The van der Waals surface area contributed by atoms with Gasteiger partial charge >= 0.3 is 0 Å². The molecule has 0 bridgehead atoms. The minimum atomic E-state index is 0.141. The first kappa shape index (κ1) is 22.4. The number of aromatic nitrogens is 4. The van der Waals surface area contributed by atoms with Gasteiger partial charge in [-0.05, 0) is 115 Å². The van der Waals surface area contributed by atoms with Crippen molar-refractivity contribution in [2.45, 2.75) is 27.7 Å². The highest BCUT2D eigenvalue weighted by Crippen LogP contribution is 2.39. The first-order valence-corrected chi connectivity index (χ1v) is 15.3. The normalized spacial score (nSPS) is 13.5. The summed E-state index contributed by atoms with van der Waals surface area (Å²) < 4.78 is 10.1. The van der Waals surface area contributed by atoms with Gasteiger partial charge in [-0.25, -0.2) is 0 Å². The lowest BCUT2D eigenvalue weighted by molar-refractivity contribution is 1.12. The highest BCUT2D eigenvalue weighted by Gasteiger charge is 2.43. The number of benzene rings is 5. The zero-order valence-corrected chi connectivity index (χ0v) is 24.5. The number of fused-ring (bicyclic) bond motifs is 15. The molecule has 5 aromatic carbocycles. The van der Waals surface area contributed by atoms with Crippen LogP contribution in [-0.4, -0.2) is 24.6 Å². The fourth-order valence-electron chi connectivity index (χ4n) is 9.07. The molecule has 6 heterocycles. The van der Waals surface area contributed by atoms with Crippen LogP contribution in [0.5, 0.6) is 0 Å². The molecule has 0 N–H and O–H groups in total. The van der Waals surface area contributed by atoms with Crippen LogP contribution in [0.4, 0.5) is 0 Å². The summed E-state index contributed by atoms with van der Waals surface area (Å²) in [6.07, 6.45) is 0. The van der Waals surface area contributed by atoms with Crippen LogP contribution in [-0.2, 0) is 0 Å². The van der Waals surface area contributed by atoms with E-state index in [1.807, 2.05) is 0 Å². The largest absolute Gasteiger partial charge is 0.295 e. The van der Waals surface area contributed by atoms with Crippen molar-refractivity contribution in [3.63, 3.8) is 0 Å². The third-order valence-electron chi connectivity index (χ3n) is 10.4. The van der Waals surface area contributed by atoms with Gasteiger partial charge in [0.15, 0.2) is 0 Å². The molecule has 4 nitrogen and oxygen atoms in total. The average Bonchev–Trinajstić information content (AvgIpc) is 3.71. The molecule has 0 unspecified atom stereocenters. The fourth-order valence-corrected chi connectivity index (χ4v) is 9.07. The van der Waals surface area contributed by atoms with Gasteiger partial charge in [0, 0.05) is 22.1 Å². The average molecular weight is 550 g/mol. The Morgan fingerprint density at radius 2 is 1.23 bits per heavy atom. The summed E-state index contributed by atoms with van der Waals surface area (Å²) in [6, 6.07) is 34.7. The third kappa shape index (κ3) is 2.35. The van der Waals surface area contributed by atoms with Gasteiger partial charge in [0.25, 0.3) is 6.71 Å². The van der Waals surface area contributed by atoms with Crippen LogP contribution in [0.3, 0.4) is 0 Å². The molecule has 0 spiro atoms. The van der Waals surface area contributed by atoms with E-state index in [9.17, 15) is 0 Å². The highest BCUT2D eigenvalue weighted by molar-refractivity contribution is 7.01. The Bertz CT molecular complexity index is 2780. The molecule has 5 heteroatoms. The summed E-state index contributed by atoms with van der Waals surface area (Å²) in [5.74, 6) is 0. The first-order chi connectivity index (χ1) is 21.0. The molecule has 43 heavy (non-hydrogen) atoms. The van der Waals surface area contributed by atoms with Crippen molar-refractivity contribution in [1.29, 1.82) is 0 Å². The van der Waals surface area contributed by atoms with Crippen molar-refractivity contribution in [2.24, 2.45) is 0 Å². The number of para-hydroxylation sites is 3. The molecule has 0 radical (unpaired) electrons. The standard InChI is InChI=1S/C38H27BN4/c1-20-15-22(3)24-19-33-40(31(24)17-20)30-14-7-9-25-37(30)43(33)29-13-8-12-28-35(29)39(25)36-34-23(4)16-21(2)18-32(34)42-27-11-6-5-10-26(27)41(28)38(36)42/h5-19H,1-4H3. The lowest BCUT2D eigenvalue weighted by atomic mass is 9.34. The zero-order chi connectivity index (χ0) is 28.5. The second kappa shape index (κ2) is 7.07. The Kier molecular flexibility index (Phi) is 3.69. The van der Waals surface area contributed by atoms with Gasteiger partial charge in [0.1, 0.15) is 11.3 Å². The van der Waals surface area contributed by atoms with Gasteiger partial charge < -0.3 is 0 Å². The van der Waals surface area contributed by atoms with Gasteiger partial charge in [-0.2, -0.15) is 0 Å². The van der Waals surface area contributed by atoms with E-state index in [1.54, 1.807) is 0 Å². The van der Waals surface area contributed by atoms with Crippen molar-refractivity contribution >= 4 is 78.3 Å². The van der Waals surface area contributed by atoms with E-state index >= 15 is 0 Å². The summed E-state index contributed by atoms with van der Waals surface area (Å²) in [5.41, 5.74) is 22.4. The number of rotatable bonds is 0. The molecule has 0 saturated carbocycles. The van der Waals surface area contributed by atoms with E-state index in [0.717, 1.165) is 0 Å². The molecular weight excluding hydrogens is 523 g/mol. The Balaban J connectivity index is 1.42. The fraction of sp³-hybridized carbons (Fsp3) is 0.105. The topological polar surface area (TPSA) is 18.7 Å². The van der Waals surface area contributed by atoms with Crippen LogP contribution in [0, 0.1) is 27.7 Å². The summed E-state index contributed by atoms with van der Waals surface area (Å²) in [7, 11) is 0. The Hall–Kier alpha value is -5.16. The Morgan fingerprint density at radius 1 is 0.535 bits per heavy atom. The lowest BCUT2D eigenvalue weighted by Crippen LogP contribution is -2.59. The number of nitrogens with zero attached hydrogens (tertiary/aromatic N) is 4. The smallest absolute Gasteiger partial charge is 0.255 e. The Morgan fingerprint density at radius 3 is 2.07 bits per heavy atom. The summed E-state index contributed by atoms with van der Waals surface area (Å²) >= 11 is 0. The van der Waals surface area contributed by atoms with E-state index in [-0.39, 0.29) is 6.71 Å². The van der Waals surface area contributed by atoms with Crippen LogP contribution < -0.4 is 16.4 Å². The molecule has 0 aliphatic carbocycles. The van der Waals surface area contributed by atoms with Gasteiger partial charge in [0.2, 0.25) is 0 Å². The molecule has 9 aromatic rings. The van der Waals surface area contributed by atoms with Crippen LogP contribution in [0.2, 0.25) is 0 Å².